The molecule has 13 heavy (non-hydrogen) atoms. The third-order valence-electron chi connectivity index (χ3n) is 1.03. The number of alkyl halides is 2. The van der Waals surface area contributed by atoms with Crippen LogP contribution < -0.4 is 16.2 Å². The third kappa shape index (κ3) is 5.54. The Balaban J connectivity index is 3.77. The van der Waals surface area contributed by atoms with Crippen LogP contribution in [0.4, 0.5) is 4.79 Å². The van der Waals surface area contributed by atoms with E-state index < -0.39 is 16.3 Å². The van der Waals surface area contributed by atoms with Crippen LogP contribution >= 0.6 is 23.2 Å². The molecule has 76 valence electrons. The highest BCUT2D eigenvalue weighted by Crippen LogP contribution is 2.18. The van der Waals surface area contributed by atoms with E-state index in [2.05, 4.69) is 10.7 Å². The van der Waals surface area contributed by atoms with Gasteiger partial charge in [-0.2, -0.15) is 0 Å². The standard InChI is InChI=1S/C6H11Cl2N3O2/c1-3-9-5(13)11-10-4(12)6(2,7)8/h3H2,1-2H3,(H,10,12)(H2,9,11,13). The van der Waals surface area contributed by atoms with Crippen molar-refractivity contribution in [3.8, 4) is 0 Å². The van der Waals surface area contributed by atoms with E-state index >= 15 is 0 Å². The molecule has 0 saturated heterocycles. The maximum absolute atomic E-state index is 11.0. The zero-order valence-electron chi connectivity index (χ0n) is 7.28. The molecule has 0 unspecified atom stereocenters. The Kier molecular flexibility index (Phi) is 4.87. The Hall–Kier alpha value is -0.680. The molecule has 0 aliphatic rings. The van der Waals surface area contributed by atoms with Gasteiger partial charge in [-0.1, -0.05) is 23.2 Å². The molecule has 0 aliphatic carbocycles. The van der Waals surface area contributed by atoms with Gasteiger partial charge in [0.15, 0.2) is 4.33 Å². The van der Waals surface area contributed by atoms with Gasteiger partial charge < -0.3 is 5.32 Å². The Labute approximate surface area is 86.1 Å². The summed E-state index contributed by atoms with van der Waals surface area (Å²) in [6.07, 6.45) is 0. The van der Waals surface area contributed by atoms with Gasteiger partial charge in [-0.05, 0) is 13.8 Å². The van der Waals surface area contributed by atoms with Crippen LogP contribution in [0.3, 0.4) is 0 Å². The lowest BCUT2D eigenvalue weighted by Gasteiger charge is -2.13. The molecule has 0 aromatic carbocycles. The minimum Gasteiger partial charge on any atom is -0.337 e. The molecular weight excluding hydrogens is 217 g/mol. The normalized spacial score (nSPS) is 10.5. The minimum absolute atomic E-state index is 0.459. The SMILES string of the molecule is CCNC(=O)NNC(=O)C(C)(Cl)Cl. The number of hydrazine groups is 1. The summed E-state index contributed by atoms with van der Waals surface area (Å²) in [6, 6.07) is -0.520. The van der Waals surface area contributed by atoms with Gasteiger partial charge in [0.25, 0.3) is 5.91 Å². The zero-order valence-corrected chi connectivity index (χ0v) is 8.79. The van der Waals surface area contributed by atoms with Crippen LogP contribution in [0, 0.1) is 0 Å². The highest BCUT2D eigenvalue weighted by atomic mass is 35.5. The molecular formula is C6H11Cl2N3O2. The summed E-state index contributed by atoms with van der Waals surface area (Å²) in [6.45, 7) is 3.50. The van der Waals surface area contributed by atoms with E-state index in [-0.39, 0.29) is 0 Å². The van der Waals surface area contributed by atoms with Gasteiger partial charge in [0, 0.05) is 6.54 Å². The van der Waals surface area contributed by atoms with E-state index in [1.54, 1.807) is 6.92 Å². The maximum Gasteiger partial charge on any atom is 0.333 e. The third-order valence-corrected chi connectivity index (χ3v) is 1.37. The van der Waals surface area contributed by atoms with Crippen LogP contribution in [-0.4, -0.2) is 22.8 Å². The summed E-state index contributed by atoms with van der Waals surface area (Å²) in [7, 11) is 0. The van der Waals surface area contributed by atoms with Crippen molar-refractivity contribution in [1.29, 1.82) is 0 Å². The van der Waals surface area contributed by atoms with Crippen LogP contribution in [-0.2, 0) is 4.79 Å². The van der Waals surface area contributed by atoms with Crippen molar-refractivity contribution in [2.24, 2.45) is 0 Å². The van der Waals surface area contributed by atoms with Gasteiger partial charge in [0.1, 0.15) is 0 Å². The van der Waals surface area contributed by atoms with Crippen LogP contribution in [0.5, 0.6) is 0 Å². The number of halogens is 2. The quantitative estimate of drug-likeness (QED) is 0.476. The van der Waals surface area contributed by atoms with Crippen molar-refractivity contribution in [1.82, 2.24) is 16.2 Å². The number of hydrogen-bond acceptors (Lipinski definition) is 2. The van der Waals surface area contributed by atoms with Gasteiger partial charge in [0.05, 0.1) is 0 Å². The fourth-order valence-corrected chi connectivity index (χ4v) is 0.523. The monoisotopic (exact) mass is 227 g/mol. The molecule has 0 aliphatic heterocycles. The van der Waals surface area contributed by atoms with E-state index in [0.717, 1.165) is 0 Å². The van der Waals surface area contributed by atoms with Crippen LogP contribution in [0.2, 0.25) is 0 Å². The molecule has 0 aromatic rings. The first-order valence-corrected chi connectivity index (χ1v) is 4.35. The number of nitrogens with one attached hydrogen (secondary N) is 3. The summed E-state index contributed by atoms with van der Waals surface area (Å²) >= 11 is 10.9. The van der Waals surface area contributed by atoms with E-state index in [1.807, 2.05) is 5.43 Å². The summed E-state index contributed by atoms with van der Waals surface area (Å²) in [5.41, 5.74) is 4.11. The lowest BCUT2D eigenvalue weighted by Crippen LogP contribution is -2.50. The lowest BCUT2D eigenvalue weighted by molar-refractivity contribution is -0.122. The first kappa shape index (κ1) is 12.3. The molecule has 0 radical (unpaired) electrons. The van der Waals surface area contributed by atoms with E-state index in [1.165, 1.54) is 6.92 Å². The molecule has 3 amide bonds. The molecule has 0 fully saturated rings. The molecule has 0 atom stereocenters. The van der Waals surface area contributed by atoms with Crippen molar-refractivity contribution >= 4 is 35.1 Å². The summed E-state index contributed by atoms with van der Waals surface area (Å²) < 4.78 is -1.56. The van der Waals surface area contributed by atoms with E-state index in [9.17, 15) is 9.59 Å². The first-order chi connectivity index (χ1) is 5.88. The predicted molar refractivity (Wildman–Crippen MR) is 50.5 cm³/mol. The largest absolute Gasteiger partial charge is 0.337 e. The molecule has 0 heterocycles. The zero-order chi connectivity index (χ0) is 10.5. The number of rotatable bonds is 2. The summed E-state index contributed by atoms with van der Waals surface area (Å²) in [5, 5.41) is 2.40. The number of amides is 3. The number of hydrogen-bond donors (Lipinski definition) is 3. The molecule has 0 bridgehead atoms. The highest BCUT2D eigenvalue weighted by Gasteiger charge is 2.27. The molecule has 0 spiro atoms. The van der Waals surface area contributed by atoms with Crippen molar-refractivity contribution in [2.45, 2.75) is 18.2 Å². The first-order valence-electron chi connectivity index (χ1n) is 3.60. The summed E-state index contributed by atoms with van der Waals surface area (Å²) in [4.78, 5) is 21.7. The van der Waals surface area contributed by atoms with Gasteiger partial charge in [-0.3, -0.25) is 10.2 Å². The van der Waals surface area contributed by atoms with E-state index in [4.69, 9.17) is 23.2 Å². The highest BCUT2D eigenvalue weighted by molar-refractivity contribution is 6.57. The van der Waals surface area contributed by atoms with Crippen molar-refractivity contribution in [3.63, 3.8) is 0 Å². The van der Waals surface area contributed by atoms with Crippen molar-refractivity contribution in [3.05, 3.63) is 0 Å². The van der Waals surface area contributed by atoms with Crippen molar-refractivity contribution < 1.29 is 9.59 Å². The molecule has 3 N–H and O–H groups in total. The molecule has 5 nitrogen and oxygen atoms in total. The Morgan fingerprint density at radius 1 is 1.31 bits per heavy atom. The van der Waals surface area contributed by atoms with Gasteiger partial charge in [-0.25, -0.2) is 10.2 Å². The fourth-order valence-electron chi connectivity index (χ4n) is 0.428. The average molecular weight is 228 g/mol. The Morgan fingerprint density at radius 3 is 2.23 bits per heavy atom. The molecule has 7 heteroatoms. The lowest BCUT2D eigenvalue weighted by atomic mass is 10.4. The topological polar surface area (TPSA) is 70.2 Å². The van der Waals surface area contributed by atoms with Crippen molar-refractivity contribution in [2.75, 3.05) is 6.54 Å². The van der Waals surface area contributed by atoms with Gasteiger partial charge in [-0.15, -0.1) is 0 Å². The number of carbonyl (C=O) groups excluding carboxylic acids is 2. The van der Waals surface area contributed by atoms with Gasteiger partial charge in [0.2, 0.25) is 0 Å². The Bertz CT molecular complexity index is 203. The second-order valence-corrected chi connectivity index (χ2v) is 4.03. The van der Waals surface area contributed by atoms with Crippen LogP contribution in [0.15, 0.2) is 0 Å². The second-order valence-electron chi connectivity index (χ2n) is 2.33. The predicted octanol–water partition coefficient (Wildman–Crippen LogP) is 0.531. The number of carbonyl (C=O) groups is 2. The maximum atomic E-state index is 11.0. The second kappa shape index (κ2) is 5.14. The van der Waals surface area contributed by atoms with Gasteiger partial charge >= 0.3 is 6.03 Å². The minimum atomic E-state index is -1.56. The summed E-state index contributed by atoms with van der Waals surface area (Å²) in [5.74, 6) is -0.693. The average Bonchev–Trinajstić information content (AvgIpc) is 1.99. The number of urea groups is 1. The smallest absolute Gasteiger partial charge is 0.333 e. The van der Waals surface area contributed by atoms with Crippen LogP contribution in [0.25, 0.3) is 0 Å². The Morgan fingerprint density at radius 2 is 1.85 bits per heavy atom. The van der Waals surface area contributed by atoms with Crippen LogP contribution in [0.1, 0.15) is 13.8 Å². The fraction of sp³-hybridized carbons (Fsp3) is 0.667. The molecule has 0 rings (SSSR count). The molecule has 0 aromatic heterocycles. The molecule has 0 saturated carbocycles. The van der Waals surface area contributed by atoms with E-state index in [0.29, 0.717) is 6.54 Å².